The highest BCUT2D eigenvalue weighted by molar-refractivity contribution is 5.88. The van der Waals surface area contributed by atoms with Gasteiger partial charge in [0.05, 0.1) is 23.6 Å². The predicted molar refractivity (Wildman–Crippen MR) is 160 cm³/mol. The molecule has 232 valence electrons. The van der Waals surface area contributed by atoms with Crippen LogP contribution in [0.25, 0.3) is 22.3 Å². The molecule has 0 aromatic carbocycles. The van der Waals surface area contributed by atoms with Gasteiger partial charge in [-0.2, -0.15) is 10.2 Å². The third kappa shape index (κ3) is 6.71. The first-order valence-electron chi connectivity index (χ1n) is 15.6. The van der Waals surface area contributed by atoms with E-state index in [1.807, 2.05) is 10.9 Å². The maximum Gasteiger partial charge on any atom is 0.419 e. The lowest BCUT2D eigenvalue weighted by atomic mass is 9.80. The van der Waals surface area contributed by atoms with Gasteiger partial charge >= 0.3 is 12.2 Å². The lowest BCUT2D eigenvalue weighted by Crippen LogP contribution is -2.47. The third-order valence-corrected chi connectivity index (χ3v) is 8.13. The van der Waals surface area contributed by atoms with E-state index in [1.165, 1.54) is 0 Å². The Hall–Kier alpha value is -3.47. The Morgan fingerprint density at radius 3 is 2.30 bits per heavy atom. The first-order chi connectivity index (χ1) is 20.3. The largest absolute Gasteiger partial charge is 0.443 e. The van der Waals surface area contributed by atoms with Gasteiger partial charge in [0, 0.05) is 36.2 Å². The molecule has 1 saturated heterocycles. The molecule has 1 aliphatic heterocycles. The highest BCUT2D eigenvalue weighted by Crippen LogP contribution is 2.46. The molecular formula is C32H44N6O5. The van der Waals surface area contributed by atoms with Gasteiger partial charge < -0.3 is 14.2 Å². The molecule has 3 fully saturated rings. The summed E-state index contributed by atoms with van der Waals surface area (Å²) in [5, 5.41) is 10.7. The summed E-state index contributed by atoms with van der Waals surface area (Å²) < 4.78 is 21.1. The van der Waals surface area contributed by atoms with Gasteiger partial charge in [-0.15, -0.1) is 0 Å². The molecule has 2 aliphatic carbocycles. The summed E-state index contributed by atoms with van der Waals surface area (Å²) in [6, 6.07) is 4.33. The second-order valence-electron chi connectivity index (χ2n) is 14.3. The molecule has 3 aromatic rings. The monoisotopic (exact) mass is 592 g/mol. The van der Waals surface area contributed by atoms with Gasteiger partial charge in [0.1, 0.15) is 11.2 Å². The molecular weight excluding hydrogens is 548 g/mol. The van der Waals surface area contributed by atoms with Crippen LogP contribution in [0, 0.1) is 5.92 Å². The topological polar surface area (TPSA) is 114 Å². The van der Waals surface area contributed by atoms with Crippen LogP contribution < -0.4 is 0 Å². The fourth-order valence-electron chi connectivity index (χ4n) is 5.83. The highest BCUT2D eigenvalue weighted by atomic mass is 16.6. The summed E-state index contributed by atoms with van der Waals surface area (Å²) in [5.74, 6) is 0.576. The molecule has 0 N–H and O–H groups in total. The van der Waals surface area contributed by atoms with Crippen molar-refractivity contribution >= 4 is 23.2 Å². The van der Waals surface area contributed by atoms with Crippen LogP contribution in [-0.4, -0.2) is 66.0 Å². The molecule has 1 atom stereocenters. The molecule has 6 rings (SSSR count). The number of hydrogen-bond acceptors (Lipinski definition) is 8. The number of pyridine rings is 1. The number of carbonyl (C=O) groups excluding carboxylic acids is 2. The van der Waals surface area contributed by atoms with Crippen LogP contribution in [0.4, 0.5) is 9.59 Å². The Balaban J connectivity index is 1.19. The maximum atomic E-state index is 13.0. The zero-order valence-electron chi connectivity index (χ0n) is 26.2. The van der Waals surface area contributed by atoms with E-state index < -0.39 is 23.4 Å². The molecule has 2 saturated carbocycles. The molecule has 3 aromatic heterocycles. The summed E-state index contributed by atoms with van der Waals surface area (Å²) in [5.41, 5.74) is 2.46. The van der Waals surface area contributed by atoms with Crippen molar-refractivity contribution in [1.29, 1.82) is 0 Å². The van der Waals surface area contributed by atoms with Gasteiger partial charge in [0.15, 0.2) is 11.9 Å². The van der Waals surface area contributed by atoms with Gasteiger partial charge in [-0.1, -0.05) is 0 Å². The molecule has 2 amide bonds. The summed E-state index contributed by atoms with van der Waals surface area (Å²) in [4.78, 5) is 32.1. The van der Waals surface area contributed by atoms with E-state index in [1.54, 1.807) is 41.5 Å². The number of aromatic nitrogens is 5. The van der Waals surface area contributed by atoms with E-state index in [9.17, 15) is 9.59 Å². The summed E-state index contributed by atoms with van der Waals surface area (Å²) in [7, 11) is 0. The summed E-state index contributed by atoms with van der Waals surface area (Å²) >= 11 is 0. The van der Waals surface area contributed by atoms with E-state index in [4.69, 9.17) is 24.3 Å². The van der Waals surface area contributed by atoms with E-state index in [0.717, 1.165) is 84.4 Å². The Morgan fingerprint density at radius 1 is 1.00 bits per heavy atom. The standard InChI is InChI=1S/C32H44N6O5/c1-31(2,3)42-29(39)36(30(40)43-32(4,5)6)18-20-15-23(16-20)37-19-24(27(35-37)21-10-11-21)25-13-12-22-17-33-38(28(22)34-25)26-9-7-8-14-41-26/h12-13,17,19-21,23,26H,7-11,14-16,18H2,1-6H3/t20-,23-,26?. The maximum absolute atomic E-state index is 13.0. The van der Waals surface area contributed by atoms with Crippen LogP contribution in [0.1, 0.15) is 110 Å². The zero-order valence-corrected chi connectivity index (χ0v) is 26.2. The molecule has 1 unspecified atom stereocenters. The first kappa shape index (κ1) is 29.6. The van der Waals surface area contributed by atoms with Gasteiger partial charge in [-0.05, 0) is 105 Å². The number of rotatable bonds is 6. The number of amides is 2. The average molecular weight is 593 g/mol. The average Bonchev–Trinajstić information content (AvgIpc) is 3.51. The number of imide groups is 1. The van der Waals surface area contributed by atoms with E-state index in [0.29, 0.717) is 5.92 Å². The number of carbonyl (C=O) groups is 2. The van der Waals surface area contributed by atoms with Crippen molar-refractivity contribution in [3.63, 3.8) is 0 Å². The normalized spacial score (nSPS) is 22.7. The van der Waals surface area contributed by atoms with Crippen molar-refractivity contribution in [1.82, 2.24) is 29.4 Å². The number of nitrogens with zero attached hydrogens (tertiary/aromatic N) is 6. The van der Waals surface area contributed by atoms with Crippen molar-refractivity contribution in [2.75, 3.05) is 13.2 Å². The van der Waals surface area contributed by atoms with Gasteiger partial charge in [0.25, 0.3) is 0 Å². The van der Waals surface area contributed by atoms with Crippen LogP contribution in [0.5, 0.6) is 0 Å². The van der Waals surface area contributed by atoms with Gasteiger partial charge in [0.2, 0.25) is 0 Å². The number of fused-ring (bicyclic) bond motifs is 1. The summed E-state index contributed by atoms with van der Waals surface area (Å²) in [6.07, 6.45) is 9.56. The predicted octanol–water partition coefficient (Wildman–Crippen LogP) is 6.99. The van der Waals surface area contributed by atoms with Crippen molar-refractivity contribution in [3.8, 4) is 11.3 Å². The number of ether oxygens (including phenoxy) is 3. The van der Waals surface area contributed by atoms with E-state index in [-0.39, 0.29) is 24.7 Å². The lowest BCUT2D eigenvalue weighted by Gasteiger charge is -2.38. The number of hydrogen-bond donors (Lipinski definition) is 0. The Kier molecular flexibility index (Phi) is 7.73. The van der Waals surface area contributed by atoms with Gasteiger partial charge in [-0.3, -0.25) is 4.68 Å². The molecule has 11 nitrogen and oxygen atoms in total. The van der Waals surface area contributed by atoms with Crippen LogP contribution in [0.2, 0.25) is 0 Å². The van der Waals surface area contributed by atoms with Crippen molar-refractivity contribution in [2.45, 2.75) is 116 Å². The third-order valence-electron chi connectivity index (χ3n) is 8.13. The molecule has 4 heterocycles. The fraction of sp³-hybridized carbons (Fsp3) is 0.656. The van der Waals surface area contributed by atoms with Crippen LogP contribution in [-0.2, 0) is 14.2 Å². The zero-order chi connectivity index (χ0) is 30.5. The van der Waals surface area contributed by atoms with Crippen LogP contribution in [0.15, 0.2) is 24.5 Å². The molecule has 0 spiro atoms. The second-order valence-corrected chi connectivity index (χ2v) is 14.3. The minimum atomic E-state index is -0.720. The highest BCUT2D eigenvalue weighted by Gasteiger charge is 2.39. The van der Waals surface area contributed by atoms with E-state index >= 15 is 0 Å². The van der Waals surface area contributed by atoms with Crippen molar-refractivity contribution in [3.05, 3.63) is 30.2 Å². The van der Waals surface area contributed by atoms with Crippen molar-refractivity contribution < 1.29 is 23.8 Å². The molecule has 3 aliphatic rings. The Bertz CT molecular complexity index is 1450. The van der Waals surface area contributed by atoms with E-state index in [2.05, 4.69) is 28.1 Å². The second kappa shape index (κ2) is 11.2. The molecule has 43 heavy (non-hydrogen) atoms. The quantitative estimate of drug-likeness (QED) is 0.301. The molecule has 0 bridgehead atoms. The SMILES string of the molecule is CC(C)(C)OC(=O)N(C[C@H]1C[C@H](n2cc(-c3ccc4cnn(C5CCCCO5)c4n3)c(C3CC3)n2)C1)C(=O)OC(C)(C)C. The van der Waals surface area contributed by atoms with Crippen LogP contribution >= 0.6 is 0 Å². The minimum absolute atomic E-state index is 0.0764. The Morgan fingerprint density at radius 2 is 1.70 bits per heavy atom. The molecule has 0 radical (unpaired) electrons. The fourth-order valence-corrected chi connectivity index (χ4v) is 5.83. The smallest absolute Gasteiger partial charge is 0.419 e. The lowest BCUT2D eigenvalue weighted by molar-refractivity contribution is -0.0370. The Labute approximate surface area is 252 Å². The molecule has 11 heteroatoms. The minimum Gasteiger partial charge on any atom is -0.443 e. The first-order valence-corrected chi connectivity index (χ1v) is 15.6. The van der Waals surface area contributed by atoms with Gasteiger partial charge in [-0.25, -0.2) is 24.2 Å². The van der Waals surface area contributed by atoms with Crippen LogP contribution in [0.3, 0.4) is 0 Å². The van der Waals surface area contributed by atoms with Crippen molar-refractivity contribution in [2.24, 2.45) is 5.92 Å². The summed E-state index contributed by atoms with van der Waals surface area (Å²) in [6.45, 7) is 11.7.